The molecule has 0 bridgehead atoms. The van der Waals surface area contributed by atoms with Crippen LogP contribution in [0.5, 0.6) is 5.75 Å². The maximum absolute atomic E-state index is 12.3. The standard InChI is InChI=1S/C17H23N3O3.ClH/c1-23-15-5-3-2-4-14(15)20-10-12(8-16(20)21)17(22)19-9-13(18)11-6-7-11;/h2-5,11-13H,6-10,18H2,1H3,(H,19,22);1H. The fraction of sp³-hybridized carbons (Fsp3) is 0.529. The third-order valence-corrected chi connectivity index (χ3v) is 4.61. The first kappa shape index (κ1) is 18.5. The first-order chi connectivity index (χ1) is 11.1. The number of rotatable bonds is 6. The molecule has 1 aromatic rings. The zero-order chi connectivity index (χ0) is 16.4. The summed E-state index contributed by atoms with van der Waals surface area (Å²) in [5.41, 5.74) is 6.71. The average Bonchev–Trinajstić information content (AvgIpc) is 3.35. The van der Waals surface area contributed by atoms with Crippen LogP contribution in [0.1, 0.15) is 19.3 Å². The molecule has 24 heavy (non-hydrogen) atoms. The molecule has 1 aromatic carbocycles. The second-order valence-corrected chi connectivity index (χ2v) is 6.32. The van der Waals surface area contributed by atoms with E-state index in [9.17, 15) is 9.59 Å². The zero-order valence-corrected chi connectivity index (χ0v) is 14.6. The van der Waals surface area contributed by atoms with Gasteiger partial charge in [0.2, 0.25) is 11.8 Å². The third kappa shape index (κ3) is 3.99. The lowest BCUT2D eigenvalue weighted by molar-refractivity contribution is -0.126. The van der Waals surface area contributed by atoms with E-state index in [4.69, 9.17) is 10.5 Å². The molecule has 1 saturated carbocycles. The van der Waals surface area contributed by atoms with Crippen molar-refractivity contribution in [1.82, 2.24) is 5.32 Å². The first-order valence-corrected chi connectivity index (χ1v) is 8.07. The van der Waals surface area contributed by atoms with Gasteiger partial charge in [0.1, 0.15) is 5.75 Å². The number of nitrogens with two attached hydrogens (primary N) is 1. The Morgan fingerprint density at radius 3 is 2.79 bits per heavy atom. The van der Waals surface area contributed by atoms with Crippen LogP contribution in [0, 0.1) is 11.8 Å². The molecule has 1 heterocycles. The largest absolute Gasteiger partial charge is 0.495 e. The SMILES string of the molecule is COc1ccccc1N1CC(C(=O)NCC(N)C2CC2)CC1=O.Cl. The van der Waals surface area contributed by atoms with Crippen LogP contribution in [0.3, 0.4) is 0 Å². The Labute approximate surface area is 148 Å². The number of nitrogens with zero attached hydrogens (tertiary/aromatic N) is 1. The molecule has 3 N–H and O–H groups in total. The number of carbonyl (C=O) groups is 2. The highest BCUT2D eigenvalue weighted by Crippen LogP contribution is 2.33. The van der Waals surface area contributed by atoms with E-state index in [2.05, 4.69) is 5.32 Å². The smallest absolute Gasteiger partial charge is 0.227 e. The normalized spacial score (nSPS) is 21.2. The summed E-state index contributed by atoms with van der Waals surface area (Å²) < 4.78 is 5.30. The molecule has 2 aliphatic rings. The number of para-hydroxylation sites is 2. The lowest BCUT2D eigenvalue weighted by Gasteiger charge is -2.19. The van der Waals surface area contributed by atoms with E-state index < -0.39 is 0 Å². The fourth-order valence-corrected chi connectivity index (χ4v) is 3.02. The molecule has 2 unspecified atom stereocenters. The summed E-state index contributed by atoms with van der Waals surface area (Å²) in [6.45, 7) is 0.868. The Bertz CT molecular complexity index is 606. The molecule has 0 radical (unpaired) electrons. The number of anilines is 1. The van der Waals surface area contributed by atoms with Gasteiger partial charge in [-0.05, 0) is 30.9 Å². The second kappa shape index (κ2) is 7.85. The summed E-state index contributed by atoms with van der Waals surface area (Å²) in [5.74, 6) is 0.704. The van der Waals surface area contributed by atoms with Gasteiger partial charge in [-0.2, -0.15) is 0 Å². The van der Waals surface area contributed by atoms with Crippen molar-refractivity contribution < 1.29 is 14.3 Å². The monoisotopic (exact) mass is 353 g/mol. The Morgan fingerprint density at radius 1 is 1.42 bits per heavy atom. The van der Waals surface area contributed by atoms with Crippen LogP contribution in [0.2, 0.25) is 0 Å². The van der Waals surface area contributed by atoms with E-state index in [0.717, 1.165) is 12.8 Å². The van der Waals surface area contributed by atoms with Gasteiger partial charge in [0.25, 0.3) is 0 Å². The van der Waals surface area contributed by atoms with Gasteiger partial charge >= 0.3 is 0 Å². The highest BCUT2D eigenvalue weighted by molar-refractivity contribution is 6.01. The van der Waals surface area contributed by atoms with Gasteiger partial charge in [0.05, 0.1) is 18.7 Å². The van der Waals surface area contributed by atoms with E-state index >= 15 is 0 Å². The number of nitrogens with one attached hydrogen (secondary N) is 1. The molecule has 2 fully saturated rings. The van der Waals surface area contributed by atoms with Crippen LogP contribution >= 0.6 is 12.4 Å². The molecular weight excluding hydrogens is 330 g/mol. The molecule has 7 heteroatoms. The minimum absolute atomic E-state index is 0. The van der Waals surface area contributed by atoms with Crippen LogP contribution in [0.25, 0.3) is 0 Å². The van der Waals surface area contributed by atoms with Gasteiger partial charge in [0, 0.05) is 25.6 Å². The van der Waals surface area contributed by atoms with E-state index in [-0.39, 0.29) is 42.6 Å². The summed E-state index contributed by atoms with van der Waals surface area (Å²) in [6, 6.07) is 7.38. The number of amides is 2. The molecule has 1 saturated heterocycles. The lowest BCUT2D eigenvalue weighted by atomic mass is 10.1. The fourth-order valence-electron chi connectivity index (χ4n) is 3.02. The number of hydrogen-bond acceptors (Lipinski definition) is 4. The van der Waals surface area contributed by atoms with Crippen molar-refractivity contribution in [3.8, 4) is 5.75 Å². The predicted molar refractivity (Wildman–Crippen MR) is 94.4 cm³/mol. The maximum atomic E-state index is 12.3. The molecule has 132 valence electrons. The van der Waals surface area contributed by atoms with Gasteiger partial charge in [0.15, 0.2) is 0 Å². The number of halogens is 1. The van der Waals surface area contributed by atoms with Crippen LogP contribution in [0.4, 0.5) is 5.69 Å². The molecule has 0 spiro atoms. The summed E-state index contributed by atoms with van der Waals surface area (Å²) in [6.07, 6.45) is 2.53. The topological polar surface area (TPSA) is 84.7 Å². The van der Waals surface area contributed by atoms with Crippen molar-refractivity contribution in [1.29, 1.82) is 0 Å². The minimum Gasteiger partial charge on any atom is -0.495 e. The predicted octanol–water partition coefficient (Wildman–Crippen LogP) is 1.32. The van der Waals surface area contributed by atoms with E-state index in [1.54, 1.807) is 12.0 Å². The molecular formula is C17H24ClN3O3. The Morgan fingerprint density at radius 2 is 2.12 bits per heavy atom. The van der Waals surface area contributed by atoms with Gasteiger partial charge < -0.3 is 20.7 Å². The maximum Gasteiger partial charge on any atom is 0.227 e. The first-order valence-electron chi connectivity index (χ1n) is 8.07. The Kier molecular flexibility index (Phi) is 6.07. The quantitative estimate of drug-likeness (QED) is 0.807. The average molecular weight is 354 g/mol. The van der Waals surface area contributed by atoms with Crippen LogP contribution in [-0.4, -0.2) is 38.1 Å². The number of ether oxygens (including phenoxy) is 1. The molecule has 0 aromatic heterocycles. The Hall–Kier alpha value is -1.79. The summed E-state index contributed by atoms with van der Waals surface area (Å²) in [5, 5.41) is 2.89. The number of carbonyl (C=O) groups excluding carboxylic acids is 2. The number of benzene rings is 1. The summed E-state index contributed by atoms with van der Waals surface area (Å²) in [7, 11) is 1.57. The third-order valence-electron chi connectivity index (χ3n) is 4.61. The van der Waals surface area contributed by atoms with E-state index in [1.165, 1.54) is 0 Å². The molecule has 6 nitrogen and oxygen atoms in total. The Balaban J connectivity index is 0.00000208. The highest BCUT2D eigenvalue weighted by atomic mass is 35.5. The number of methoxy groups -OCH3 is 1. The van der Waals surface area contributed by atoms with Crippen LogP contribution in [0.15, 0.2) is 24.3 Å². The van der Waals surface area contributed by atoms with E-state index in [0.29, 0.717) is 30.4 Å². The van der Waals surface area contributed by atoms with Crippen molar-refractivity contribution >= 4 is 29.9 Å². The lowest BCUT2D eigenvalue weighted by Crippen LogP contribution is -2.41. The van der Waals surface area contributed by atoms with Crippen molar-refractivity contribution in [3.05, 3.63) is 24.3 Å². The summed E-state index contributed by atoms with van der Waals surface area (Å²) in [4.78, 5) is 26.2. The van der Waals surface area contributed by atoms with Crippen LogP contribution in [-0.2, 0) is 9.59 Å². The van der Waals surface area contributed by atoms with Gasteiger partial charge in [-0.3, -0.25) is 9.59 Å². The minimum atomic E-state index is -0.334. The molecule has 1 aliphatic heterocycles. The zero-order valence-electron chi connectivity index (χ0n) is 13.7. The van der Waals surface area contributed by atoms with Crippen molar-refractivity contribution in [3.63, 3.8) is 0 Å². The summed E-state index contributed by atoms with van der Waals surface area (Å²) >= 11 is 0. The van der Waals surface area contributed by atoms with Gasteiger partial charge in [-0.15, -0.1) is 12.4 Å². The molecule has 1 aliphatic carbocycles. The number of hydrogen-bond donors (Lipinski definition) is 2. The highest BCUT2D eigenvalue weighted by Gasteiger charge is 2.36. The van der Waals surface area contributed by atoms with Crippen LogP contribution < -0.4 is 20.7 Å². The second-order valence-electron chi connectivity index (χ2n) is 6.32. The van der Waals surface area contributed by atoms with Gasteiger partial charge in [-0.1, -0.05) is 12.1 Å². The molecule has 3 rings (SSSR count). The van der Waals surface area contributed by atoms with Crippen molar-refractivity contribution in [2.24, 2.45) is 17.6 Å². The van der Waals surface area contributed by atoms with Crippen molar-refractivity contribution in [2.45, 2.75) is 25.3 Å². The van der Waals surface area contributed by atoms with E-state index in [1.807, 2.05) is 24.3 Å². The van der Waals surface area contributed by atoms with Gasteiger partial charge in [-0.25, -0.2) is 0 Å². The molecule has 2 atom stereocenters. The van der Waals surface area contributed by atoms with Crippen molar-refractivity contribution in [2.75, 3.05) is 25.1 Å². The molecule has 2 amide bonds.